The molecule has 0 aliphatic rings. The molecule has 0 amide bonds. The number of nitrogens with zero attached hydrogens (tertiary/aromatic N) is 2. The minimum Gasteiger partial charge on any atom is -0.236 e. The molecule has 0 N–H and O–H groups in total. The Morgan fingerprint density at radius 3 is 2.53 bits per heavy atom. The van der Waals surface area contributed by atoms with Crippen LogP contribution in [0.25, 0.3) is 11.3 Å². The smallest absolute Gasteiger partial charge is 0.152 e. The van der Waals surface area contributed by atoms with Crippen molar-refractivity contribution in [2.75, 3.05) is 0 Å². The molecule has 100 valence electrons. The molecule has 2 aromatic rings. The van der Waals surface area contributed by atoms with E-state index in [0.29, 0.717) is 26.4 Å². The average molecular weight is 364 g/mol. The number of aromatic nitrogens is 2. The van der Waals surface area contributed by atoms with Gasteiger partial charge in [0.15, 0.2) is 5.82 Å². The Balaban J connectivity index is 2.73. The molecule has 0 radical (unpaired) electrons. The van der Waals surface area contributed by atoms with E-state index in [0.717, 1.165) is 0 Å². The predicted molar refractivity (Wildman–Crippen MR) is 79.2 cm³/mol. The standard InChI is InChI=1S/C13H10BrCl2FN2/c1-6(2)9-12(18-5-19-13(9)16)7-3-4-8(14)10(15)11(7)17/h3-6H,1-2H3. The molecule has 0 saturated carbocycles. The van der Waals surface area contributed by atoms with Crippen LogP contribution in [-0.2, 0) is 0 Å². The molecule has 0 bridgehead atoms. The molecule has 0 aliphatic carbocycles. The summed E-state index contributed by atoms with van der Waals surface area (Å²) in [5, 5.41) is 0.361. The summed E-state index contributed by atoms with van der Waals surface area (Å²) in [4.78, 5) is 8.10. The zero-order chi connectivity index (χ0) is 14.2. The van der Waals surface area contributed by atoms with Gasteiger partial charge in [-0.05, 0) is 34.0 Å². The molecule has 1 heterocycles. The van der Waals surface area contributed by atoms with E-state index in [9.17, 15) is 4.39 Å². The van der Waals surface area contributed by atoms with Crippen molar-refractivity contribution in [2.45, 2.75) is 19.8 Å². The minimum absolute atomic E-state index is 0.0296. The normalized spacial score (nSPS) is 11.1. The Labute approximate surface area is 129 Å². The van der Waals surface area contributed by atoms with E-state index >= 15 is 0 Å². The van der Waals surface area contributed by atoms with Gasteiger partial charge < -0.3 is 0 Å². The molecular formula is C13H10BrCl2FN2. The van der Waals surface area contributed by atoms with Gasteiger partial charge in [0, 0.05) is 15.6 Å². The first-order valence-electron chi connectivity index (χ1n) is 5.57. The van der Waals surface area contributed by atoms with Crippen LogP contribution in [0, 0.1) is 5.82 Å². The van der Waals surface area contributed by atoms with Crippen molar-refractivity contribution in [3.8, 4) is 11.3 Å². The molecule has 0 spiro atoms. The molecule has 0 unspecified atom stereocenters. The zero-order valence-electron chi connectivity index (χ0n) is 10.2. The van der Waals surface area contributed by atoms with Crippen molar-refractivity contribution in [3.05, 3.63) is 44.5 Å². The highest BCUT2D eigenvalue weighted by atomic mass is 79.9. The molecule has 2 rings (SSSR count). The molecule has 1 aromatic carbocycles. The van der Waals surface area contributed by atoms with E-state index in [1.54, 1.807) is 12.1 Å². The number of hydrogen-bond donors (Lipinski definition) is 0. The van der Waals surface area contributed by atoms with Crippen molar-refractivity contribution in [1.82, 2.24) is 9.97 Å². The lowest BCUT2D eigenvalue weighted by Gasteiger charge is -2.14. The van der Waals surface area contributed by atoms with E-state index in [-0.39, 0.29) is 10.9 Å². The van der Waals surface area contributed by atoms with Gasteiger partial charge in [0.2, 0.25) is 0 Å². The van der Waals surface area contributed by atoms with Crippen molar-refractivity contribution >= 4 is 39.1 Å². The van der Waals surface area contributed by atoms with Crippen LogP contribution in [-0.4, -0.2) is 9.97 Å². The fourth-order valence-corrected chi connectivity index (χ4v) is 2.63. The Hall–Kier alpha value is -0.710. The van der Waals surface area contributed by atoms with Crippen LogP contribution >= 0.6 is 39.1 Å². The summed E-state index contributed by atoms with van der Waals surface area (Å²) in [6.45, 7) is 3.90. The monoisotopic (exact) mass is 362 g/mol. The Kier molecular flexibility index (Phi) is 4.43. The second-order valence-electron chi connectivity index (χ2n) is 4.30. The minimum atomic E-state index is -0.521. The predicted octanol–water partition coefficient (Wildman–Crippen LogP) is 5.48. The van der Waals surface area contributed by atoms with Crippen LogP contribution in [0.3, 0.4) is 0 Å². The molecule has 2 nitrogen and oxygen atoms in total. The third-order valence-corrected chi connectivity index (χ3v) is 4.26. The summed E-state index contributed by atoms with van der Waals surface area (Å²) < 4.78 is 14.8. The van der Waals surface area contributed by atoms with Crippen molar-refractivity contribution < 1.29 is 4.39 Å². The summed E-state index contributed by atoms with van der Waals surface area (Å²) in [5.41, 5.74) is 1.50. The summed E-state index contributed by atoms with van der Waals surface area (Å²) >= 11 is 15.2. The molecule has 6 heteroatoms. The average Bonchev–Trinajstić information content (AvgIpc) is 2.35. The highest BCUT2D eigenvalue weighted by Gasteiger charge is 2.19. The van der Waals surface area contributed by atoms with Crippen LogP contribution in [0.1, 0.15) is 25.3 Å². The van der Waals surface area contributed by atoms with Gasteiger partial charge in [0.05, 0.1) is 10.7 Å². The molecule has 0 aliphatic heterocycles. The first kappa shape index (κ1) is 14.7. The highest BCUT2D eigenvalue weighted by molar-refractivity contribution is 9.10. The second-order valence-corrected chi connectivity index (χ2v) is 5.89. The van der Waals surface area contributed by atoms with Crippen LogP contribution in [0.4, 0.5) is 4.39 Å². The number of benzene rings is 1. The number of rotatable bonds is 2. The van der Waals surface area contributed by atoms with Gasteiger partial charge >= 0.3 is 0 Å². The third kappa shape index (κ3) is 2.76. The van der Waals surface area contributed by atoms with Gasteiger partial charge in [-0.15, -0.1) is 0 Å². The lowest BCUT2D eigenvalue weighted by atomic mass is 9.98. The maximum absolute atomic E-state index is 14.3. The Morgan fingerprint density at radius 2 is 1.89 bits per heavy atom. The molecular weight excluding hydrogens is 354 g/mol. The first-order chi connectivity index (χ1) is 8.93. The van der Waals surface area contributed by atoms with Gasteiger partial charge in [-0.1, -0.05) is 37.0 Å². The molecule has 1 aromatic heterocycles. The molecule has 19 heavy (non-hydrogen) atoms. The quantitative estimate of drug-likeness (QED) is 0.521. The maximum Gasteiger partial charge on any atom is 0.152 e. The summed E-state index contributed by atoms with van der Waals surface area (Å²) in [7, 11) is 0. The van der Waals surface area contributed by atoms with Crippen LogP contribution in [0.2, 0.25) is 10.2 Å². The van der Waals surface area contributed by atoms with Crippen molar-refractivity contribution in [3.63, 3.8) is 0 Å². The van der Waals surface area contributed by atoms with Gasteiger partial charge in [0.25, 0.3) is 0 Å². The van der Waals surface area contributed by atoms with E-state index in [2.05, 4.69) is 25.9 Å². The lowest BCUT2D eigenvalue weighted by molar-refractivity contribution is 0.629. The van der Waals surface area contributed by atoms with Crippen molar-refractivity contribution in [1.29, 1.82) is 0 Å². The van der Waals surface area contributed by atoms with Crippen LogP contribution < -0.4 is 0 Å². The van der Waals surface area contributed by atoms with Gasteiger partial charge in [0.1, 0.15) is 11.5 Å². The fraction of sp³-hybridized carbons (Fsp3) is 0.231. The van der Waals surface area contributed by atoms with E-state index in [4.69, 9.17) is 23.2 Å². The lowest BCUT2D eigenvalue weighted by Crippen LogP contribution is -2.00. The Bertz CT molecular complexity index is 632. The van der Waals surface area contributed by atoms with E-state index in [1.165, 1.54) is 6.33 Å². The fourth-order valence-electron chi connectivity index (χ4n) is 1.81. The maximum atomic E-state index is 14.3. The largest absolute Gasteiger partial charge is 0.236 e. The second kappa shape index (κ2) is 5.73. The molecule has 0 saturated heterocycles. The SMILES string of the molecule is CC(C)c1c(Cl)ncnc1-c1ccc(Br)c(Cl)c1F. The number of halogens is 4. The topological polar surface area (TPSA) is 25.8 Å². The van der Waals surface area contributed by atoms with Crippen LogP contribution in [0.15, 0.2) is 22.9 Å². The summed E-state index contributed by atoms with van der Waals surface area (Å²) in [6.07, 6.45) is 1.32. The Morgan fingerprint density at radius 1 is 1.21 bits per heavy atom. The molecule has 0 fully saturated rings. The van der Waals surface area contributed by atoms with Crippen molar-refractivity contribution in [2.24, 2.45) is 0 Å². The summed E-state index contributed by atoms with van der Waals surface area (Å²) in [5.74, 6) is -0.446. The van der Waals surface area contributed by atoms with Gasteiger partial charge in [-0.3, -0.25) is 0 Å². The van der Waals surface area contributed by atoms with E-state index in [1.807, 2.05) is 13.8 Å². The van der Waals surface area contributed by atoms with Gasteiger partial charge in [-0.25, -0.2) is 14.4 Å². The highest BCUT2D eigenvalue weighted by Crippen LogP contribution is 2.37. The molecule has 0 atom stereocenters. The number of hydrogen-bond acceptors (Lipinski definition) is 2. The van der Waals surface area contributed by atoms with E-state index < -0.39 is 5.82 Å². The van der Waals surface area contributed by atoms with Crippen LogP contribution in [0.5, 0.6) is 0 Å². The third-order valence-electron chi connectivity index (χ3n) is 2.70. The summed E-state index contributed by atoms with van der Waals surface area (Å²) in [6, 6.07) is 3.30. The first-order valence-corrected chi connectivity index (χ1v) is 7.12. The van der Waals surface area contributed by atoms with Gasteiger partial charge in [-0.2, -0.15) is 0 Å². The zero-order valence-corrected chi connectivity index (χ0v) is 13.3.